The van der Waals surface area contributed by atoms with Crippen molar-refractivity contribution in [3.63, 3.8) is 0 Å². The fraction of sp³-hybridized carbons (Fsp3) is 0.378. The van der Waals surface area contributed by atoms with Gasteiger partial charge in [0.2, 0.25) is 10.0 Å². The van der Waals surface area contributed by atoms with Crippen LogP contribution in [0.15, 0.2) is 78.0 Å². The molecule has 1 unspecified atom stereocenters. The summed E-state index contributed by atoms with van der Waals surface area (Å²) in [5.74, 6) is -0.726. The number of aryl methyl sites for hydroxylation is 2. The van der Waals surface area contributed by atoms with Gasteiger partial charge in [0.25, 0.3) is 0 Å². The molecule has 0 saturated heterocycles. The van der Waals surface area contributed by atoms with Crippen molar-refractivity contribution in [1.29, 1.82) is 0 Å². The van der Waals surface area contributed by atoms with Crippen LogP contribution in [0.3, 0.4) is 0 Å². The third kappa shape index (κ3) is 8.07. The number of carbonyl (C=O) groups is 1. The lowest BCUT2D eigenvalue weighted by molar-refractivity contribution is -0.158. The van der Waals surface area contributed by atoms with Gasteiger partial charge < -0.3 is 19.7 Å². The molecule has 0 radical (unpaired) electrons. The molecule has 274 valence electrons. The Morgan fingerprint density at radius 3 is 2.27 bits per heavy atom. The Morgan fingerprint density at radius 1 is 0.962 bits per heavy atom. The number of aromatic nitrogens is 6. The number of benzene rings is 3. The van der Waals surface area contributed by atoms with Crippen LogP contribution >= 0.6 is 0 Å². The molecule has 5 aromatic rings. The zero-order valence-corrected chi connectivity index (χ0v) is 30.6. The molecule has 14 nitrogen and oxygen atoms in total. The minimum Gasteiger partial charge on any atom is -0.488 e. The largest absolute Gasteiger partial charge is 0.488 e. The van der Waals surface area contributed by atoms with Crippen LogP contribution in [0.1, 0.15) is 71.6 Å². The van der Waals surface area contributed by atoms with Gasteiger partial charge in [0.05, 0.1) is 56.8 Å². The lowest BCUT2D eigenvalue weighted by atomic mass is 9.81. The first kappa shape index (κ1) is 36.8. The third-order valence-electron chi connectivity index (χ3n) is 9.10. The topological polar surface area (TPSA) is 175 Å². The van der Waals surface area contributed by atoms with Crippen LogP contribution in [0.2, 0.25) is 0 Å². The molecule has 1 aliphatic rings. The van der Waals surface area contributed by atoms with E-state index in [4.69, 9.17) is 9.47 Å². The standard InChI is InChI=1S/C37H43N7O7S/c1-24-12-27(17-42-20-31(22-45)38-40-42)14-28(13-24)18-43-21-32(39-41-43)23-50-35(37(4,5)36(46)47)29-11-10-25(2)30(15-29)19-44-16-26(3)51-33-8-6-7-9-34(33)52(44,48)49/h6-15,20-21,26,35,45H,16-19,22-23H2,1-5H3,(H,46,47)/t26-,35?/m1/s1. The fourth-order valence-corrected chi connectivity index (χ4v) is 7.99. The van der Waals surface area contributed by atoms with Gasteiger partial charge in [0, 0.05) is 6.54 Å². The van der Waals surface area contributed by atoms with Gasteiger partial charge in [-0.1, -0.05) is 64.5 Å². The smallest absolute Gasteiger partial charge is 0.312 e. The van der Waals surface area contributed by atoms with Crippen molar-refractivity contribution in [2.75, 3.05) is 6.54 Å². The molecule has 0 aliphatic carbocycles. The lowest BCUT2D eigenvalue weighted by Crippen LogP contribution is -2.36. The number of carboxylic acid groups (broad SMARTS) is 1. The van der Waals surface area contributed by atoms with Gasteiger partial charge in [-0.25, -0.2) is 17.8 Å². The molecule has 0 spiro atoms. The van der Waals surface area contributed by atoms with E-state index in [0.29, 0.717) is 35.8 Å². The molecule has 0 fully saturated rings. The molecule has 3 heterocycles. The van der Waals surface area contributed by atoms with Crippen molar-refractivity contribution in [2.45, 2.75) is 84.6 Å². The molecule has 52 heavy (non-hydrogen) atoms. The molecule has 0 amide bonds. The van der Waals surface area contributed by atoms with Crippen molar-refractivity contribution < 1.29 is 32.9 Å². The fourth-order valence-electron chi connectivity index (χ4n) is 6.38. The number of carboxylic acids is 1. The van der Waals surface area contributed by atoms with Crippen LogP contribution < -0.4 is 4.74 Å². The van der Waals surface area contributed by atoms with Crippen molar-refractivity contribution in [2.24, 2.45) is 5.41 Å². The minimum absolute atomic E-state index is 0.00468. The monoisotopic (exact) mass is 729 g/mol. The number of ether oxygens (including phenoxy) is 2. The number of rotatable bonds is 13. The molecule has 0 saturated carbocycles. The van der Waals surface area contributed by atoms with Gasteiger partial charge >= 0.3 is 5.97 Å². The second kappa shape index (κ2) is 14.9. The molecular formula is C37H43N7O7S. The first-order valence-corrected chi connectivity index (χ1v) is 18.4. The van der Waals surface area contributed by atoms with Gasteiger partial charge in [-0.2, -0.15) is 4.31 Å². The minimum atomic E-state index is -3.88. The van der Waals surface area contributed by atoms with E-state index in [1.165, 1.54) is 4.31 Å². The molecule has 0 bridgehead atoms. The quantitative estimate of drug-likeness (QED) is 0.176. The Balaban J connectivity index is 1.20. The molecule has 3 aromatic carbocycles. The van der Waals surface area contributed by atoms with E-state index >= 15 is 0 Å². The summed E-state index contributed by atoms with van der Waals surface area (Å²) < 4.78 is 44.6. The molecule has 6 rings (SSSR count). The van der Waals surface area contributed by atoms with Crippen LogP contribution in [0.5, 0.6) is 5.75 Å². The summed E-state index contributed by atoms with van der Waals surface area (Å²) in [4.78, 5) is 12.7. The average Bonchev–Trinajstić information content (AvgIpc) is 3.72. The van der Waals surface area contributed by atoms with E-state index in [1.807, 2.05) is 39.0 Å². The first-order valence-electron chi connectivity index (χ1n) is 16.9. The number of sulfonamides is 1. The summed E-state index contributed by atoms with van der Waals surface area (Å²) >= 11 is 0. The predicted molar refractivity (Wildman–Crippen MR) is 190 cm³/mol. The van der Waals surface area contributed by atoms with Crippen LogP contribution in [-0.2, 0) is 52.4 Å². The highest BCUT2D eigenvalue weighted by Crippen LogP contribution is 2.39. The van der Waals surface area contributed by atoms with Crippen molar-refractivity contribution in [3.05, 3.63) is 118 Å². The summed E-state index contributed by atoms with van der Waals surface area (Å²) in [5.41, 5.74) is 4.94. The number of hydrogen-bond donors (Lipinski definition) is 2. The number of aliphatic carboxylic acids is 1. The Bertz CT molecular complexity index is 2180. The average molecular weight is 730 g/mol. The van der Waals surface area contributed by atoms with Gasteiger partial charge in [-0.3, -0.25) is 4.79 Å². The number of aliphatic hydroxyl groups is 1. The predicted octanol–water partition coefficient (Wildman–Crippen LogP) is 4.42. The van der Waals surface area contributed by atoms with E-state index in [-0.39, 0.29) is 37.3 Å². The van der Waals surface area contributed by atoms with Crippen LogP contribution in [0.4, 0.5) is 0 Å². The Labute approximate surface area is 302 Å². The van der Waals surface area contributed by atoms with E-state index in [2.05, 4.69) is 38.8 Å². The van der Waals surface area contributed by atoms with Crippen LogP contribution in [0.25, 0.3) is 0 Å². The Hall–Kier alpha value is -4.96. The summed E-state index contributed by atoms with van der Waals surface area (Å²) in [6, 6.07) is 18.3. The number of para-hydroxylation sites is 1. The maximum absolute atomic E-state index is 13.8. The number of nitrogens with zero attached hydrogens (tertiary/aromatic N) is 7. The third-order valence-corrected chi connectivity index (χ3v) is 11.0. The summed E-state index contributed by atoms with van der Waals surface area (Å²) in [6.45, 7) is 9.92. The second-order valence-corrected chi connectivity index (χ2v) is 15.8. The van der Waals surface area contributed by atoms with Gasteiger partial charge in [-0.05, 0) is 74.6 Å². The Kier molecular flexibility index (Phi) is 10.6. The van der Waals surface area contributed by atoms with E-state index in [0.717, 1.165) is 27.8 Å². The summed E-state index contributed by atoms with van der Waals surface area (Å²) in [7, 11) is -3.88. The number of aliphatic hydroxyl groups excluding tert-OH is 1. The normalized spacial score (nSPS) is 16.5. The lowest BCUT2D eigenvalue weighted by Gasteiger charge is -2.31. The zero-order valence-electron chi connectivity index (χ0n) is 29.8. The van der Waals surface area contributed by atoms with Crippen molar-refractivity contribution in [1.82, 2.24) is 34.3 Å². The van der Waals surface area contributed by atoms with E-state index < -0.39 is 27.5 Å². The first-order chi connectivity index (χ1) is 24.7. The van der Waals surface area contributed by atoms with Gasteiger partial charge in [-0.15, -0.1) is 10.2 Å². The van der Waals surface area contributed by atoms with E-state index in [1.54, 1.807) is 59.9 Å². The molecule has 2 atom stereocenters. The highest BCUT2D eigenvalue weighted by atomic mass is 32.2. The van der Waals surface area contributed by atoms with Gasteiger partial charge in [0.1, 0.15) is 28.1 Å². The maximum Gasteiger partial charge on any atom is 0.312 e. The zero-order chi connectivity index (χ0) is 37.2. The summed E-state index contributed by atoms with van der Waals surface area (Å²) in [6.07, 6.45) is 2.19. The molecule has 15 heteroatoms. The van der Waals surface area contributed by atoms with Crippen molar-refractivity contribution in [3.8, 4) is 5.75 Å². The molecular weight excluding hydrogens is 687 g/mol. The highest BCUT2D eigenvalue weighted by Gasteiger charge is 2.40. The number of fused-ring (bicyclic) bond motifs is 1. The highest BCUT2D eigenvalue weighted by molar-refractivity contribution is 7.89. The molecule has 2 N–H and O–H groups in total. The Morgan fingerprint density at radius 2 is 1.62 bits per heavy atom. The second-order valence-electron chi connectivity index (χ2n) is 13.9. The number of hydrogen-bond acceptors (Lipinski definition) is 10. The summed E-state index contributed by atoms with van der Waals surface area (Å²) in [5, 5.41) is 36.2. The molecule has 2 aromatic heterocycles. The van der Waals surface area contributed by atoms with Crippen LogP contribution in [0, 0.1) is 19.3 Å². The maximum atomic E-state index is 13.8. The van der Waals surface area contributed by atoms with E-state index in [9.17, 15) is 23.4 Å². The van der Waals surface area contributed by atoms with Gasteiger partial charge in [0.15, 0.2) is 0 Å². The molecule has 1 aliphatic heterocycles. The van der Waals surface area contributed by atoms with Crippen molar-refractivity contribution >= 4 is 16.0 Å². The van der Waals surface area contributed by atoms with Crippen LogP contribution in [-0.4, -0.2) is 71.5 Å². The SMILES string of the molecule is Cc1cc(Cn2cc(CO)nn2)cc(Cn2cc(COC(c3ccc(C)c(CN4C[C@@H](C)Oc5ccccc5S4(=O)=O)c3)C(C)(C)C(=O)O)nn2)c1.